The Labute approximate surface area is 145 Å². The van der Waals surface area contributed by atoms with Gasteiger partial charge in [-0.05, 0) is 37.5 Å². The van der Waals surface area contributed by atoms with Gasteiger partial charge < -0.3 is 10.1 Å². The normalized spacial score (nSPS) is 12.7. The predicted molar refractivity (Wildman–Crippen MR) is 91.1 cm³/mol. The standard InChI is InChI=1S/C18H22F3N3O/c1-4-6-13-7-9-14(10-8-13)23-17-22-11-15(18(19,20)21)16(24-17)25-12(3)5-2/h7-12H,4-6H2,1-3H3,(H,22,23,24). The zero-order valence-corrected chi connectivity index (χ0v) is 14.5. The number of alkyl halides is 3. The van der Waals surface area contributed by atoms with Gasteiger partial charge in [0, 0.05) is 11.9 Å². The number of ether oxygens (including phenoxy) is 1. The van der Waals surface area contributed by atoms with Crippen LogP contribution >= 0.6 is 0 Å². The SMILES string of the molecule is CCCc1ccc(Nc2ncc(C(F)(F)F)c(OC(C)CC)n2)cc1. The second kappa shape index (κ2) is 8.18. The summed E-state index contributed by atoms with van der Waals surface area (Å²) in [5, 5.41) is 2.91. The quantitative estimate of drug-likeness (QED) is 0.727. The number of halogens is 3. The number of hydrogen-bond donors (Lipinski definition) is 1. The molecule has 0 bridgehead atoms. The molecular formula is C18H22F3N3O. The highest BCUT2D eigenvalue weighted by Gasteiger charge is 2.36. The van der Waals surface area contributed by atoms with Gasteiger partial charge in [-0.15, -0.1) is 0 Å². The van der Waals surface area contributed by atoms with Gasteiger partial charge in [0.2, 0.25) is 11.8 Å². The van der Waals surface area contributed by atoms with Gasteiger partial charge in [0.15, 0.2) is 0 Å². The summed E-state index contributed by atoms with van der Waals surface area (Å²) in [5.74, 6) is -0.392. The molecule has 1 heterocycles. The van der Waals surface area contributed by atoms with E-state index in [4.69, 9.17) is 4.74 Å². The van der Waals surface area contributed by atoms with Crippen molar-refractivity contribution in [2.24, 2.45) is 0 Å². The van der Waals surface area contributed by atoms with Gasteiger partial charge in [-0.25, -0.2) is 4.98 Å². The molecular weight excluding hydrogens is 331 g/mol. The van der Waals surface area contributed by atoms with E-state index in [1.54, 1.807) is 6.92 Å². The van der Waals surface area contributed by atoms with Crippen LogP contribution in [-0.4, -0.2) is 16.1 Å². The molecule has 136 valence electrons. The van der Waals surface area contributed by atoms with Gasteiger partial charge in [-0.3, -0.25) is 0 Å². The molecule has 4 nitrogen and oxygen atoms in total. The van der Waals surface area contributed by atoms with E-state index in [2.05, 4.69) is 22.2 Å². The molecule has 0 aliphatic rings. The smallest absolute Gasteiger partial charge is 0.423 e. The fraction of sp³-hybridized carbons (Fsp3) is 0.444. The molecule has 1 unspecified atom stereocenters. The molecule has 0 spiro atoms. The van der Waals surface area contributed by atoms with Crippen LogP contribution in [0.1, 0.15) is 44.7 Å². The van der Waals surface area contributed by atoms with Crippen LogP contribution in [-0.2, 0) is 12.6 Å². The number of anilines is 2. The number of nitrogens with zero attached hydrogens (tertiary/aromatic N) is 2. The highest BCUT2D eigenvalue weighted by Crippen LogP contribution is 2.35. The summed E-state index contributed by atoms with van der Waals surface area (Å²) in [5.41, 5.74) is 0.924. The Bertz CT molecular complexity index is 687. The van der Waals surface area contributed by atoms with E-state index in [-0.39, 0.29) is 12.1 Å². The van der Waals surface area contributed by atoms with Crippen LogP contribution in [0.4, 0.5) is 24.8 Å². The first-order chi connectivity index (χ1) is 11.8. The van der Waals surface area contributed by atoms with E-state index < -0.39 is 17.6 Å². The Hall–Kier alpha value is -2.31. The van der Waals surface area contributed by atoms with Crippen molar-refractivity contribution >= 4 is 11.6 Å². The van der Waals surface area contributed by atoms with E-state index in [9.17, 15) is 13.2 Å². The first-order valence-corrected chi connectivity index (χ1v) is 8.30. The molecule has 0 saturated heterocycles. The Morgan fingerprint density at radius 1 is 1.16 bits per heavy atom. The second-order valence-electron chi connectivity index (χ2n) is 5.82. The average molecular weight is 353 g/mol. The van der Waals surface area contributed by atoms with E-state index in [1.807, 2.05) is 31.2 Å². The van der Waals surface area contributed by atoms with Crippen molar-refractivity contribution in [1.29, 1.82) is 0 Å². The largest absolute Gasteiger partial charge is 0.474 e. The Balaban J connectivity index is 2.24. The zero-order chi connectivity index (χ0) is 18.4. The van der Waals surface area contributed by atoms with E-state index in [0.717, 1.165) is 19.0 Å². The van der Waals surface area contributed by atoms with Gasteiger partial charge in [0.25, 0.3) is 0 Å². The molecule has 0 fully saturated rings. The number of nitrogens with one attached hydrogen (secondary N) is 1. The number of hydrogen-bond acceptors (Lipinski definition) is 4. The van der Waals surface area contributed by atoms with Gasteiger partial charge in [0.1, 0.15) is 5.56 Å². The van der Waals surface area contributed by atoms with E-state index >= 15 is 0 Å². The first kappa shape index (κ1) is 19.0. The molecule has 1 atom stereocenters. The van der Waals surface area contributed by atoms with E-state index in [0.29, 0.717) is 12.1 Å². The first-order valence-electron chi connectivity index (χ1n) is 8.30. The topological polar surface area (TPSA) is 47.0 Å². The molecule has 0 amide bonds. The summed E-state index contributed by atoms with van der Waals surface area (Å²) >= 11 is 0. The lowest BCUT2D eigenvalue weighted by molar-refractivity contribution is -0.139. The molecule has 0 saturated carbocycles. The summed E-state index contributed by atoms with van der Waals surface area (Å²) in [6.07, 6.45) is -1.60. The van der Waals surface area contributed by atoms with Crippen LogP contribution in [0, 0.1) is 0 Å². The minimum Gasteiger partial charge on any atom is -0.474 e. The number of aryl methyl sites for hydroxylation is 1. The summed E-state index contributed by atoms with van der Waals surface area (Å²) in [6.45, 7) is 5.62. The third kappa shape index (κ3) is 5.34. The lowest BCUT2D eigenvalue weighted by Crippen LogP contribution is -2.17. The van der Waals surface area contributed by atoms with Crippen LogP contribution < -0.4 is 10.1 Å². The molecule has 0 radical (unpaired) electrons. The Kier molecular flexibility index (Phi) is 6.22. The van der Waals surface area contributed by atoms with Crippen LogP contribution in [0.15, 0.2) is 30.5 Å². The molecule has 2 rings (SSSR count). The van der Waals surface area contributed by atoms with Crippen molar-refractivity contribution in [3.05, 3.63) is 41.6 Å². The summed E-state index contributed by atoms with van der Waals surface area (Å²) in [6, 6.07) is 7.63. The molecule has 7 heteroatoms. The highest BCUT2D eigenvalue weighted by molar-refractivity contribution is 5.54. The van der Waals surface area contributed by atoms with Crippen molar-refractivity contribution < 1.29 is 17.9 Å². The number of rotatable bonds is 7. The molecule has 1 aromatic heterocycles. The molecule has 0 aliphatic heterocycles. The molecule has 2 aromatic rings. The Morgan fingerprint density at radius 3 is 2.40 bits per heavy atom. The van der Waals surface area contributed by atoms with Crippen molar-refractivity contribution in [2.75, 3.05) is 5.32 Å². The minimum absolute atomic E-state index is 0.0644. The highest BCUT2D eigenvalue weighted by atomic mass is 19.4. The van der Waals surface area contributed by atoms with Crippen molar-refractivity contribution in [3.63, 3.8) is 0 Å². The fourth-order valence-electron chi connectivity index (χ4n) is 2.16. The average Bonchev–Trinajstić information content (AvgIpc) is 2.56. The lowest BCUT2D eigenvalue weighted by Gasteiger charge is -2.17. The maximum absolute atomic E-state index is 13.1. The lowest BCUT2D eigenvalue weighted by atomic mass is 10.1. The number of aromatic nitrogens is 2. The van der Waals surface area contributed by atoms with Crippen molar-refractivity contribution in [1.82, 2.24) is 9.97 Å². The summed E-state index contributed by atoms with van der Waals surface area (Å²) in [7, 11) is 0. The molecule has 25 heavy (non-hydrogen) atoms. The maximum atomic E-state index is 13.1. The summed E-state index contributed by atoms with van der Waals surface area (Å²) < 4.78 is 44.6. The molecule has 0 aliphatic carbocycles. The predicted octanol–water partition coefficient (Wildman–Crippen LogP) is 5.37. The third-order valence-corrected chi connectivity index (χ3v) is 3.70. The van der Waals surface area contributed by atoms with Gasteiger partial charge >= 0.3 is 6.18 Å². The Morgan fingerprint density at radius 2 is 1.84 bits per heavy atom. The maximum Gasteiger partial charge on any atom is 0.423 e. The monoisotopic (exact) mass is 353 g/mol. The minimum atomic E-state index is -4.57. The molecule has 1 aromatic carbocycles. The van der Waals surface area contributed by atoms with Gasteiger partial charge in [-0.2, -0.15) is 18.2 Å². The van der Waals surface area contributed by atoms with Crippen molar-refractivity contribution in [2.45, 2.75) is 52.3 Å². The van der Waals surface area contributed by atoms with Crippen molar-refractivity contribution in [3.8, 4) is 5.88 Å². The second-order valence-corrected chi connectivity index (χ2v) is 5.82. The summed E-state index contributed by atoms with van der Waals surface area (Å²) in [4.78, 5) is 7.69. The van der Waals surface area contributed by atoms with E-state index in [1.165, 1.54) is 5.56 Å². The van der Waals surface area contributed by atoms with Crippen LogP contribution in [0.25, 0.3) is 0 Å². The van der Waals surface area contributed by atoms with Crippen LogP contribution in [0.3, 0.4) is 0 Å². The van der Waals surface area contributed by atoms with Gasteiger partial charge in [0.05, 0.1) is 6.10 Å². The number of benzene rings is 1. The zero-order valence-electron chi connectivity index (χ0n) is 14.5. The van der Waals surface area contributed by atoms with Crippen LogP contribution in [0.2, 0.25) is 0 Å². The fourth-order valence-corrected chi connectivity index (χ4v) is 2.16. The van der Waals surface area contributed by atoms with Gasteiger partial charge in [-0.1, -0.05) is 32.4 Å². The third-order valence-electron chi connectivity index (χ3n) is 3.70. The van der Waals surface area contributed by atoms with Crippen LogP contribution in [0.5, 0.6) is 5.88 Å². The molecule has 1 N–H and O–H groups in total.